The number of hydrogen-bond acceptors (Lipinski definition) is 6. The summed E-state index contributed by atoms with van der Waals surface area (Å²) in [5.74, 6) is -0.654. The fraction of sp³-hybridized carbons (Fsp3) is 0.200. The Bertz CT molecular complexity index is 1340. The van der Waals surface area contributed by atoms with Gasteiger partial charge in [0.05, 0.1) is 11.6 Å². The van der Waals surface area contributed by atoms with Gasteiger partial charge in [0.1, 0.15) is 11.2 Å². The molecule has 9 nitrogen and oxygen atoms in total. The van der Waals surface area contributed by atoms with E-state index in [-0.39, 0.29) is 11.9 Å². The van der Waals surface area contributed by atoms with Gasteiger partial charge in [0.2, 0.25) is 5.91 Å². The number of carbonyl (C=O) groups excluding carboxylic acids is 2. The van der Waals surface area contributed by atoms with Gasteiger partial charge in [-0.1, -0.05) is 30.8 Å². The highest BCUT2D eigenvalue weighted by molar-refractivity contribution is 5.98. The molecule has 1 unspecified atom stereocenters. The summed E-state index contributed by atoms with van der Waals surface area (Å²) in [5, 5.41) is 7.83. The Balaban J connectivity index is 1.38. The largest absolute Gasteiger partial charge is 0.423 e. The van der Waals surface area contributed by atoms with Crippen LogP contribution in [0.2, 0.25) is 0 Å². The highest BCUT2D eigenvalue weighted by atomic mass is 16.4. The predicted molar refractivity (Wildman–Crippen MR) is 129 cm³/mol. The number of fused-ring (bicyclic) bond motifs is 1. The second-order valence-electron chi connectivity index (χ2n) is 8.21. The van der Waals surface area contributed by atoms with Gasteiger partial charge in [-0.15, -0.1) is 0 Å². The summed E-state index contributed by atoms with van der Waals surface area (Å²) in [6.07, 6.45) is 4.70. The zero-order valence-corrected chi connectivity index (χ0v) is 18.5. The first-order valence-electron chi connectivity index (χ1n) is 11.0. The summed E-state index contributed by atoms with van der Waals surface area (Å²) in [6, 6.07) is 15.3. The zero-order chi connectivity index (χ0) is 23.7. The lowest BCUT2D eigenvalue weighted by Crippen LogP contribution is -2.40. The lowest BCUT2D eigenvalue weighted by Gasteiger charge is -2.32. The maximum absolute atomic E-state index is 12.2. The van der Waals surface area contributed by atoms with E-state index in [0.29, 0.717) is 35.9 Å². The van der Waals surface area contributed by atoms with Gasteiger partial charge in [-0.25, -0.2) is 0 Å². The number of rotatable bonds is 6. The standard InChI is InChI=1S/C25H24N6O3/c1-2-22(32)30-13-5-6-18(14-30)31-15-19(24(26)33)23(29-31)16-9-11-17(12-10-16)27-25-28-20-7-3-4-8-21(20)34-25/h2-4,7-12,15,18H,1,5-6,13-14H2,(H2,26,33)(H,27,28). The molecule has 0 saturated carbocycles. The minimum absolute atomic E-state index is 0.0374. The fourth-order valence-electron chi connectivity index (χ4n) is 4.23. The summed E-state index contributed by atoms with van der Waals surface area (Å²) in [6.45, 7) is 4.77. The van der Waals surface area contributed by atoms with E-state index in [4.69, 9.17) is 10.2 Å². The number of nitrogens with two attached hydrogens (primary N) is 1. The van der Waals surface area contributed by atoms with Gasteiger partial charge in [-0.3, -0.25) is 14.3 Å². The van der Waals surface area contributed by atoms with Gasteiger partial charge >= 0.3 is 0 Å². The van der Waals surface area contributed by atoms with Gasteiger partial charge in [0.25, 0.3) is 11.9 Å². The second kappa shape index (κ2) is 8.86. The first kappa shape index (κ1) is 21.4. The number of para-hydroxylation sites is 2. The third-order valence-corrected chi connectivity index (χ3v) is 5.96. The van der Waals surface area contributed by atoms with Crippen molar-refractivity contribution in [3.8, 4) is 11.3 Å². The first-order chi connectivity index (χ1) is 16.5. The highest BCUT2D eigenvalue weighted by Crippen LogP contribution is 2.29. The summed E-state index contributed by atoms with van der Waals surface area (Å²) in [7, 11) is 0. The van der Waals surface area contributed by atoms with Crippen LogP contribution in [0.15, 0.2) is 71.8 Å². The van der Waals surface area contributed by atoms with Gasteiger partial charge in [0.15, 0.2) is 5.58 Å². The van der Waals surface area contributed by atoms with E-state index in [0.717, 1.165) is 29.6 Å². The molecule has 0 spiro atoms. The normalized spacial score (nSPS) is 15.9. The minimum Gasteiger partial charge on any atom is -0.423 e. The summed E-state index contributed by atoms with van der Waals surface area (Å²) in [4.78, 5) is 30.4. The van der Waals surface area contributed by atoms with Crippen LogP contribution in [0.5, 0.6) is 0 Å². The molecule has 3 heterocycles. The number of primary amides is 1. The maximum Gasteiger partial charge on any atom is 0.300 e. The summed E-state index contributed by atoms with van der Waals surface area (Å²) < 4.78 is 7.46. The number of amides is 2. The number of nitrogens with one attached hydrogen (secondary N) is 1. The molecule has 1 atom stereocenters. The molecule has 34 heavy (non-hydrogen) atoms. The SMILES string of the molecule is C=CC(=O)N1CCCC(n2cc(C(N)=O)c(-c3ccc(Nc4nc5ccccc5o4)cc3)n2)C1. The van der Waals surface area contributed by atoms with Crippen molar-refractivity contribution in [2.45, 2.75) is 18.9 Å². The number of hydrogen-bond donors (Lipinski definition) is 2. The van der Waals surface area contributed by atoms with Gasteiger partial charge in [0, 0.05) is 30.5 Å². The molecule has 0 bridgehead atoms. The van der Waals surface area contributed by atoms with E-state index in [1.54, 1.807) is 15.8 Å². The molecule has 1 aliphatic heterocycles. The Morgan fingerprint density at radius 1 is 1.18 bits per heavy atom. The molecular formula is C25H24N6O3. The van der Waals surface area contributed by atoms with Crippen LogP contribution in [-0.4, -0.2) is 44.6 Å². The number of piperidine rings is 1. The van der Waals surface area contributed by atoms with Crippen LogP contribution >= 0.6 is 0 Å². The number of anilines is 2. The summed E-state index contributed by atoms with van der Waals surface area (Å²) in [5.41, 5.74) is 9.51. The van der Waals surface area contributed by atoms with Crippen molar-refractivity contribution in [2.24, 2.45) is 5.73 Å². The Kier molecular flexibility index (Phi) is 5.59. The van der Waals surface area contributed by atoms with Crippen LogP contribution in [-0.2, 0) is 4.79 Å². The average molecular weight is 457 g/mol. The number of oxazole rings is 1. The smallest absolute Gasteiger partial charge is 0.300 e. The van der Waals surface area contributed by atoms with E-state index >= 15 is 0 Å². The second-order valence-corrected chi connectivity index (χ2v) is 8.21. The summed E-state index contributed by atoms with van der Waals surface area (Å²) >= 11 is 0. The van der Waals surface area contributed by atoms with Crippen molar-refractivity contribution in [3.63, 3.8) is 0 Å². The van der Waals surface area contributed by atoms with Crippen molar-refractivity contribution >= 4 is 34.6 Å². The van der Waals surface area contributed by atoms with Crippen molar-refractivity contribution in [2.75, 3.05) is 18.4 Å². The number of nitrogens with zero attached hydrogens (tertiary/aromatic N) is 4. The van der Waals surface area contributed by atoms with Crippen LogP contribution in [0.3, 0.4) is 0 Å². The molecule has 0 radical (unpaired) electrons. The lowest BCUT2D eigenvalue weighted by molar-refractivity contribution is -0.127. The van der Waals surface area contributed by atoms with E-state index < -0.39 is 5.91 Å². The van der Waals surface area contributed by atoms with Crippen LogP contribution in [0.25, 0.3) is 22.4 Å². The molecule has 5 rings (SSSR count). The third-order valence-electron chi connectivity index (χ3n) is 5.96. The van der Waals surface area contributed by atoms with E-state index in [1.807, 2.05) is 48.5 Å². The Morgan fingerprint density at radius 3 is 2.71 bits per heavy atom. The van der Waals surface area contributed by atoms with E-state index in [9.17, 15) is 9.59 Å². The predicted octanol–water partition coefficient (Wildman–Crippen LogP) is 3.88. The quantitative estimate of drug-likeness (QED) is 0.425. The molecule has 172 valence electrons. The first-order valence-corrected chi connectivity index (χ1v) is 11.0. The molecule has 9 heteroatoms. The van der Waals surface area contributed by atoms with Crippen LogP contribution < -0.4 is 11.1 Å². The third kappa shape index (κ3) is 4.15. The number of carbonyl (C=O) groups is 2. The van der Waals surface area contributed by atoms with Gasteiger partial charge in [-0.2, -0.15) is 10.1 Å². The van der Waals surface area contributed by atoms with E-state index in [1.165, 1.54) is 6.08 Å². The fourth-order valence-corrected chi connectivity index (χ4v) is 4.23. The van der Waals surface area contributed by atoms with Crippen molar-refractivity contribution in [1.82, 2.24) is 19.7 Å². The topological polar surface area (TPSA) is 119 Å². The van der Waals surface area contributed by atoms with Crippen molar-refractivity contribution in [3.05, 3.63) is 72.9 Å². The Labute approximate surface area is 195 Å². The molecular weight excluding hydrogens is 432 g/mol. The van der Waals surface area contributed by atoms with Gasteiger partial charge < -0.3 is 20.4 Å². The molecule has 0 aliphatic carbocycles. The molecule has 2 amide bonds. The Hall–Kier alpha value is -4.40. The lowest BCUT2D eigenvalue weighted by atomic mass is 10.1. The number of aromatic nitrogens is 3. The number of likely N-dealkylation sites (tertiary alicyclic amines) is 1. The molecule has 3 N–H and O–H groups in total. The molecule has 2 aromatic carbocycles. The molecule has 2 aromatic heterocycles. The molecule has 1 aliphatic rings. The monoisotopic (exact) mass is 456 g/mol. The maximum atomic E-state index is 12.2. The van der Waals surface area contributed by atoms with Gasteiger partial charge in [-0.05, 0) is 43.2 Å². The zero-order valence-electron chi connectivity index (χ0n) is 18.5. The average Bonchev–Trinajstić information content (AvgIpc) is 3.48. The molecule has 4 aromatic rings. The van der Waals surface area contributed by atoms with Crippen LogP contribution in [0.4, 0.5) is 11.7 Å². The van der Waals surface area contributed by atoms with E-state index in [2.05, 4.69) is 22.0 Å². The minimum atomic E-state index is -0.551. The molecule has 1 saturated heterocycles. The molecule has 1 fully saturated rings. The highest BCUT2D eigenvalue weighted by Gasteiger charge is 2.26. The van der Waals surface area contributed by atoms with Crippen molar-refractivity contribution < 1.29 is 14.0 Å². The Morgan fingerprint density at radius 2 is 1.97 bits per heavy atom. The van der Waals surface area contributed by atoms with Crippen molar-refractivity contribution in [1.29, 1.82) is 0 Å². The van der Waals surface area contributed by atoms with Crippen LogP contribution in [0, 0.1) is 0 Å². The number of benzene rings is 2. The van der Waals surface area contributed by atoms with Crippen LogP contribution in [0.1, 0.15) is 29.2 Å².